The normalized spacial score (nSPS) is 23.2. The highest BCUT2D eigenvalue weighted by Gasteiger charge is 2.45. The second-order valence-electron chi connectivity index (χ2n) is 8.81. The minimum atomic E-state index is -4.37. The first-order valence-electron chi connectivity index (χ1n) is 10.8. The molecule has 0 aliphatic carbocycles. The number of hydrogen-bond acceptors (Lipinski definition) is 5. The molecule has 0 unspecified atom stereocenters. The average Bonchev–Trinajstić information content (AvgIpc) is 2.78. The lowest BCUT2D eigenvalue weighted by atomic mass is 9.91. The van der Waals surface area contributed by atoms with Crippen LogP contribution in [-0.2, 0) is 4.79 Å². The Balaban J connectivity index is 1.60. The van der Waals surface area contributed by atoms with Crippen LogP contribution in [0.2, 0.25) is 0 Å². The second-order valence-corrected chi connectivity index (χ2v) is 8.81. The van der Waals surface area contributed by atoms with Crippen molar-refractivity contribution in [1.29, 1.82) is 5.26 Å². The topological polar surface area (TPSA) is 72.3 Å². The van der Waals surface area contributed by atoms with E-state index < -0.39 is 18.1 Å². The molecule has 0 saturated carbocycles. The van der Waals surface area contributed by atoms with Crippen LogP contribution in [-0.4, -0.2) is 61.2 Å². The van der Waals surface area contributed by atoms with Crippen molar-refractivity contribution in [1.82, 2.24) is 15.2 Å². The van der Waals surface area contributed by atoms with Gasteiger partial charge in [0.25, 0.3) is 0 Å². The standard InChI is InChI=1S/C23H26F3N5O/c1-30-9-6-15(7-10-30)22(32)29-18-11-17(23(24,25)26)13-31(14-18)20-5-4-16(12-27)21-19(20)3-2-8-28-21/h2-5,8,15,17-18H,6-7,9-11,13-14H2,1H3,(H,29,32)/t17-,18+/m0/s1. The highest BCUT2D eigenvalue weighted by molar-refractivity contribution is 5.95. The Bertz CT molecular complexity index is 1030. The molecule has 0 spiro atoms. The first-order valence-corrected chi connectivity index (χ1v) is 10.8. The van der Waals surface area contributed by atoms with Crippen molar-refractivity contribution in [2.45, 2.75) is 31.5 Å². The number of nitrogens with zero attached hydrogens (tertiary/aromatic N) is 4. The number of hydrogen-bond donors (Lipinski definition) is 1. The second kappa shape index (κ2) is 8.94. The van der Waals surface area contributed by atoms with Crippen LogP contribution in [0, 0.1) is 23.2 Å². The molecule has 2 aliphatic rings. The van der Waals surface area contributed by atoms with E-state index in [1.165, 1.54) is 0 Å². The third kappa shape index (κ3) is 4.65. The SMILES string of the molecule is CN1CCC(C(=O)N[C@@H]2C[C@H](C(F)(F)F)CN(c3ccc(C#N)c4ncccc34)C2)CC1. The molecule has 170 valence electrons. The van der Waals surface area contributed by atoms with E-state index in [2.05, 4.69) is 21.3 Å². The minimum Gasteiger partial charge on any atom is -0.368 e. The number of nitrogens with one attached hydrogen (secondary N) is 1. The van der Waals surface area contributed by atoms with E-state index in [1.807, 2.05) is 7.05 Å². The lowest BCUT2D eigenvalue weighted by Crippen LogP contribution is -2.55. The predicted octanol–water partition coefficient (Wildman–Crippen LogP) is 3.32. The number of halogens is 3. The van der Waals surface area contributed by atoms with E-state index >= 15 is 0 Å². The summed E-state index contributed by atoms with van der Waals surface area (Å²) in [5, 5.41) is 12.9. The number of fused-ring (bicyclic) bond motifs is 1. The van der Waals surface area contributed by atoms with Crippen molar-refractivity contribution in [3.8, 4) is 6.07 Å². The van der Waals surface area contributed by atoms with Crippen molar-refractivity contribution < 1.29 is 18.0 Å². The highest BCUT2D eigenvalue weighted by atomic mass is 19.4. The van der Waals surface area contributed by atoms with Crippen molar-refractivity contribution >= 4 is 22.5 Å². The van der Waals surface area contributed by atoms with Crippen LogP contribution in [0.25, 0.3) is 10.9 Å². The highest BCUT2D eigenvalue weighted by Crippen LogP contribution is 2.37. The average molecular weight is 445 g/mol. The summed E-state index contributed by atoms with van der Waals surface area (Å²) in [6.45, 7) is 1.70. The van der Waals surface area contributed by atoms with Gasteiger partial charge in [0.2, 0.25) is 5.91 Å². The number of benzene rings is 1. The van der Waals surface area contributed by atoms with E-state index in [-0.39, 0.29) is 31.3 Å². The van der Waals surface area contributed by atoms with Gasteiger partial charge in [0.05, 0.1) is 17.0 Å². The fraction of sp³-hybridized carbons (Fsp3) is 0.522. The Morgan fingerprint density at radius 2 is 1.97 bits per heavy atom. The van der Waals surface area contributed by atoms with E-state index in [0.29, 0.717) is 35.0 Å². The van der Waals surface area contributed by atoms with Gasteiger partial charge in [0.1, 0.15) is 6.07 Å². The quantitative estimate of drug-likeness (QED) is 0.785. The number of carbonyl (C=O) groups excluding carboxylic acids is 1. The number of likely N-dealkylation sites (tertiary alicyclic amines) is 1. The van der Waals surface area contributed by atoms with Crippen molar-refractivity contribution in [2.75, 3.05) is 38.1 Å². The van der Waals surface area contributed by atoms with Crippen LogP contribution in [0.4, 0.5) is 18.9 Å². The Morgan fingerprint density at radius 3 is 2.66 bits per heavy atom. The number of amides is 1. The number of pyridine rings is 1. The molecular formula is C23H26F3N5O. The molecule has 0 radical (unpaired) electrons. The maximum Gasteiger partial charge on any atom is 0.393 e. The predicted molar refractivity (Wildman–Crippen MR) is 115 cm³/mol. The Hall–Kier alpha value is -2.86. The Kier molecular flexibility index (Phi) is 6.24. The van der Waals surface area contributed by atoms with Crippen LogP contribution in [0.3, 0.4) is 0 Å². The van der Waals surface area contributed by atoms with Crippen LogP contribution in [0.15, 0.2) is 30.5 Å². The number of piperidine rings is 2. The zero-order valence-electron chi connectivity index (χ0n) is 17.9. The third-order valence-electron chi connectivity index (χ3n) is 6.56. The van der Waals surface area contributed by atoms with Crippen LogP contribution in [0.5, 0.6) is 0 Å². The van der Waals surface area contributed by atoms with Gasteiger partial charge in [-0.2, -0.15) is 18.4 Å². The van der Waals surface area contributed by atoms with Crippen molar-refractivity contribution in [2.24, 2.45) is 11.8 Å². The number of aromatic nitrogens is 1. The molecule has 1 aromatic carbocycles. The summed E-state index contributed by atoms with van der Waals surface area (Å²) in [7, 11) is 2.00. The van der Waals surface area contributed by atoms with Crippen molar-refractivity contribution in [3.05, 3.63) is 36.0 Å². The fourth-order valence-electron chi connectivity index (χ4n) is 4.75. The number of alkyl halides is 3. The summed E-state index contributed by atoms with van der Waals surface area (Å²) in [5.74, 6) is -1.87. The van der Waals surface area contributed by atoms with Gasteiger partial charge in [-0.15, -0.1) is 0 Å². The summed E-state index contributed by atoms with van der Waals surface area (Å²) in [6.07, 6.45) is -1.51. The number of anilines is 1. The first-order chi connectivity index (χ1) is 15.3. The third-order valence-corrected chi connectivity index (χ3v) is 6.56. The number of carbonyl (C=O) groups is 1. The van der Waals surface area contributed by atoms with E-state index in [9.17, 15) is 23.2 Å². The monoisotopic (exact) mass is 445 g/mol. The fourth-order valence-corrected chi connectivity index (χ4v) is 4.75. The lowest BCUT2D eigenvalue weighted by Gasteiger charge is -2.41. The van der Waals surface area contributed by atoms with Crippen LogP contribution in [0.1, 0.15) is 24.8 Å². The number of rotatable bonds is 3. The Labute approximate surface area is 185 Å². The van der Waals surface area contributed by atoms with E-state index in [0.717, 1.165) is 13.1 Å². The van der Waals surface area contributed by atoms with Crippen molar-refractivity contribution in [3.63, 3.8) is 0 Å². The lowest BCUT2D eigenvalue weighted by molar-refractivity contribution is -0.178. The zero-order valence-corrected chi connectivity index (χ0v) is 17.9. The number of nitriles is 1. The van der Waals surface area contributed by atoms with Gasteiger partial charge in [-0.05, 0) is 63.7 Å². The van der Waals surface area contributed by atoms with E-state index in [4.69, 9.17) is 0 Å². The summed E-state index contributed by atoms with van der Waals surface area (Å²) in [4.78, 5) is 20.9. The molecule has 0 bridgehead atoms. The molecule has 2 fully saturated rings. The molecule has 32 heavy (non-hydrogen) atoms. The zero-order chi connectivity index (χ0) is 22.9. The molecule has 2 aromatic rings. The maximum absolute atomic E-state index is 13.8. The van der Waals surface area contributed by atoms with Gasteiger partial charge in [0.15, 0.2) is 0 Å². The minimum absolute atomic E-state index is 0.134. The van der Waals surface area contributed by atoms with Gasteiger partial charge >= 0.3 is 6.18 Å². The summed E-state index contributed by atoms with van der Waals surface area (Å²) in [5.41, 5.74) is 1.44. The van der Waals surface area contributed by atoms with Gasteiger partial charge in [-0.3, -0.25) is 9.78 Å². The summed E-state index contributed by atoms with van der Waals surface area (Å²) in [6, 6.07) is 8.22. The molecule has 3 heterocycles. The molecule has 9 heteroatoms. The van der Waals surface area contributed by atoms with Gasteiger partial charge in [-0.25, -0.2) is 0 Å². The summed E-state index contributed by atoms with van der Waals surface area (Å²) >= 11 is 0. The molecule has 4 rings (SSSR count). The van der Waals surface area contributed by atoms with Gasteiger partial charge < -0.3 is 15.1 Å². The maximum atomic E-state index is 13.8. The van der Waals surface area contributed by atoms with Crippen LogP contribution < -0.4 is 10.2 Å². The largest absolute Gasteiger partial charge is 0.393 e. The molecule has 1 amide bonds. The molecule has 6 nitrogen and oxygen atoms in total. The Morgan fingerprint density at radius 1 is 1.22 bits per heavy atom. The molecular weight excluding hydrogens is 419 g/mol. The summed E-state index contributed by atoms with van der Waals surface area (Å²) < 4.78 is 41.3. The molecule has 1 aromatic heterocycles. The van der Waals surface area contributed by atoms with Crippen LogP contribution >= 0.6 is 0 Å². The van der Waals surface area contributed by atoms with Gasteiger partial charge in [0, 0.05) is 42.3 Å². The first kappa shape index (κ1) is 22.3. The molecule has 2 saturated heterocycles. The van der Waals surface area contributed by atoms with Gasteiger partial charge in [-0.1, -0.05) is 0 Å². The molecule has 1 N–H and O–H groups in total. The molecule has 2 aliphatic heterocycles. The van der Waals surface area contributed by atoms with E-state index in [1.54, 1.807) is 35.4 Å². The molecule has 2 atom stereocenters. The smallest absolute Gasteiger partial charge is 0.368 e.